The van der Waals surface area contributed by atoms with Gasteiger partial charge >= 0.3 is 0 Å². The molecule has 1 aliphatic carbocycles. The lowest BCUT2D eigenvalue weighted by molar-refractivity contribution is 0.378. The van der Waals surface area contributed by atoms with Crippen LogP contribution >= 0.6 is 0 Å². The Balaban J connectivity index is 1.93. The van der Waals surface area contributed by atoms with Crippen LogP contribution in [0.3, 0.4) is 0 Å². The molecule has 0 bridgehead atoms. The van der Waals surface area contributed by atoms with Gasteiger partial charge < -0.3 is 11.1 Å². The van der Waals surface area contributed by atoms with Crippen molar-refractivity contribution in [2.75, 3.05) is 17.6 Å². The molecule has 2 heterocycles. The van der Waals surface area contributed by atoms with Crippen molar-refractivity contribution >= 4 is 22.4 Å². The van der Waals surface area contributed by atoms with E-state index in [2.05, 4.69) is 10.00 Å². The number of hydrogen-bond acceptors (Lipinski definition) is 3. The zero-order valence-corrected chi connectivity index (χ0v) is 9.69. The van der Waals surface area contributed by atoms with Gasteiger partial charge in [-0.3, -0.25) is 0 Å². The van der Waals surface area contributed by atoms with Gasteiger partial charge in [0.2, 0.25) is 0 Å². The van der Waals surface area contributed by atoms with Gasteiger partial charge in [0.25, 0.3) is 0 Å². The second-order valence-electron chi connectivity index (χ2n) is 5.19. The molecule has 1 aromatic heterocycles. The Hall–Kier alpha value is -1.71. The first-order chi connectivity index (χ1) is 8.33. The van der Waals surface area contributed by atoms with E-state index in [1.54, 1.807) is 0 Å². The van der Waals surface area contributed by atoms with Crippen molar-refractivity contribution in [1.82, 2.24) is 9.78 Å². The highest BCUT2D eigenvalue weighted by molar-refractivity contribution is 5.92. The molecule has 1 unspecified atom stereocenters. The summed E-state index contributed by atoms with van der Waals surface area (Å²) in [6, 6.07) is 6.56. The fourth-order valence-electron chi connectivity index (χ4n) is 2.91. The first-order valence-electron chi connectivity index (χ1n) is 6.34. The lowest BCUT2D eigenvalue weighted by atomic mass is 10.1. The molecule has 0 radical (unpaired) electrons. The zero-order valence-electron chi connectivity index (χ0n) is 9.69. The van der Waals surface area contributed by atoms with Crippen LogP contribution in [-0.4, -0.2) is 16.3 Å². The summed E-state index contributed by atoms with van der Waals surface area (Å²) in [5.74, 6) is 2.01. The van der Waals surface area contributed by atoms with Crippen LogP contribution in [-0.2, 0) is 0 Å². The zero-order chi connectivity index (χ0) is 11.4. The molecule has 1 fully saturated rings. The van der Waals surface area contributed by atoms with Crippen LogP contribution in [0.2, 0.25) is 0 Å². The van der Waals surface area contributed by atoms with E-state index in [1.807, 2.05) is 18.2 Å². The van der Waals surface area contributed by atoms with Crippen molar-refractivity contribution in [3.05, 3.63) is 18.2 Å². The van der Waals surface area contributed by atoms with Gasteiger partial charge in [0.15, 0.2) is 0 Å². The molecule has 0 amide bonds. The highest BCUT2D eigenvalue weighted by Gasteiger charge is 2.36. The molecule has 0 saturated heterocycles. The van der Waals surface area contributed by atoms with Crippen LogP contribution in [0.25, 0.3) is 10.9 Å². The van der Waals surface area contributed by atoms with E-state index in [1.165, 1.54) is 19.3 Å². The highest BCUT2D eigenvalue weighted by atomic mass is 15.4. The van der Waals surface area contributed by atoms with Gasteiger partial charge in [-0.1, -0.05) is 0 Å². The number of nitrogens with one attached hydrogen (secondary N) is 1. The minimum atomic E-state index is 0.597. The number of benzene rings is 1. The minimum absolute atomic E-state index is 0.597. The average molecular weight is 228 g/mol. The van der Waals surface area contributed by atoms with Crippen LogP contribution in [0.5, 0.6) is 0 Å². The van der Waals surface area contributed by atoms with Gasteiger partial charge in [-0.05, 0) is 43.4 Å². The molecule has 2 aliphatic rings. The second kappa shape index (κ2) is 3.15. The lowest BCUT2D eigenvalue weighted by Gasteiger charge is -2.25. The van der Waals surface area contributed by atoms with Crippen LogP contribution in [0.15, 0.2) is 18.2 Å². The normalized spacial score (nSPS) is 23.4. The van der Waals surface area contributed by atoms with Gasteiger partial charge in [0, 0.05) is 17.6 Å². The second-order valence-corrected chi connectivity index (χ2v) is 5.19. The van der Waals surface area contributed by atoms with Crippen molar-refractivity contribution in [3.63, 3.8) is 0 Å². The Morgan fingerprint density at radius 2 is 2.18 bits per heavy atom. The highest BCUT2D eigenvalue weighted by Crippen LogP contribution is 2.45. The summed E-state index contributed by atoms with van der Waals surface area (Å²) >= 11 is 0. The molecule has 17 heavy (non-hydrogen) atoms. The predicted molar refractivity (Wildman–Crippen MR) is 69.0 cm³/mol. The molecule has 3 N–H and O–H groups in total. The molecular weight excluding hydrogens is 212 g/mol. The Morgan fingerprint density at radius 3 is 3.00 bits per heavy atom. The molecule has 88 valence electrons. The summed E-state index contributed by atoms with van der Waals surface area (Å²) in [4.78, 5) is 0. The molecule has 0 spiro atoms. The molecule has 1 aromatic carbocycles. The first-order valence-corrected chi connectivity index (χ1v) is 6.34. The Morgan fingerprint density at radius 1 is 1.29 bits per heavy atom. The molecule has 4 nitrogen and oxygen atoms in total. The smallest absolute Gasteiger partial charge is 0.132 e. The Kier molecular flexibility index (Phi) is 1.73. The van der Waals surface area contributed by atoms with Crippen LogP contribution < -0.4 is 11.1 Å². The monoisotopic (exact) mass is 228 g/mol. The number of nitrogens with two attached hydrogens (primary N) is 1. The van der Waals surface area contributed by atoms with Gasteiger partial charge in [-0.25, -0.2) is 4.68 Å². The summed E-state index contributed by atoms with van der Waals surface area (Å²) in [6.45, 7) is 1.05. The summed E-state index contributed by atoms with van der Waals surface area (Å²) in [5, 5.41) is 9.37. The molecule has 1 saturated carbocycles. The van der Waals surface area contributed by atoms with Crippen molar-refractivity contribution in [2.45, 2.75) is 25.3 Å². The number of nitrogens with zero attached hydrogens (tertiary/aromatic N) is 2. The lowest BCUT2D eigenvalue weighted by Crippen LogP contribution is -2.24. The van der Waals surface area contributed by atoms with Gasteiger partial charge in [-0.15, -0.1) is 0 Å². The summed E-state index contributed by atoms with van der Waals surface area (Å²) < 4.78 is 2.20. The van der Waals surface area contributed by atoms with E-state index in [9.17, 15) is 0 Å². The maximum absolute atomic E-state index is 5.86. The average Bonchev–Trinajstić information content (AvgIpc) is 3.11. The first kappa shape index (κ1) is 9.33. The van der Waals surface area contributed by atoms with Gasteiger partial charge in [0.1, 0.15) is 5.82 Å². The van der Waals surface area contributed by atoms with E-state index >= 15 is 0 Å². The Labute approximate surface area is 99.8 Å². The van der Waals surface area contributed by atoms with Crippen LogP contribution in [0.4, 0.5) is 11.5 Å². The maximum Gasteiger partial charge on any atom is 0.132 e. The van der Waals surface area contributed by atoms with Crippen molar-refractivity contribution in [3.8, 4) is 0 Å². The fraction of sp³-hybridized carbons (Fsp3) is 0.462. The minimum Gasteiger partial charge on any atom is -0.399 e. The van der Waals surface area contributed by atoms with Gasteiger partial charge in [-0.2, -0.15) is 5.10 Å². The number of fused-ring (bicyclic) bond motifs is 3. The van der Waals surface area contributed by atoms with Crippen molar-refractivity contribution in [2.24, 2.45) is 5.92 Å². The number of rotatable bonds is 1. The molecule has 2 aromatic rings. The molecule has 1 atom stereocenters. The topological polar surface area (TPSA) is 55.9 Å². The number of nitrogen functional groups attached to an aromatic ring is 1. The standard InChI is InChI=1S/C13H16N4/c14-9-3-4-11-10(7-9)13-15-6-5-12(8-1-2-8)17(13)16-11/h3-4,7-8,12,15H,1-2,5-6,14H2. The van der Waals surface area contributed by atoms with E-state index in [0.717, 1.165) is 34.9 Å². The van der Waals surface area contributed by atoms with Crippen LogP contribution in [0, 0.1) is 5.92 Å². The fourth-order valence-corrected chi connectivity index (χ4v) is 2.91. The number of anilines is 2. The van der Waals surface area contributed by atoms with Gasteiger partial charge in [0.05, 0.1) is 11.6 Å². The molecule has 4 rings (SSSR count). The molecular formula is C13H16N4. The molecule has 1 aliphatic heterocycles. The molecule has 4 heteroatoms. The van der Waals surface area contributed by atoms with Crippen molar-refractivity contribution < 1.29 is 0 Å². The van der Waals surface area contributed by atoms with E-state index in [-0.39, 0.29) is 0 Å². The number of hydrogen-bond donors (Lipinski definition) is 2. The number of aromatic nitrogens is 2. The van der Waals surface area contributed by atoms with E-state index < -0.39 is 0 Å². The summed E-state index contributed by atoms with van der Waals surface area (Å²) in [5.41, 5.74) is 7.72. The Bertz CT molecular complexity index is 582. The van der Waals surface area contributed by atoms with Crippen molar-refractivity contribution in [1.29, 1.82) is 0 Å². The predicted octanol–water partition coefficient (Wildman–Crippen LogP) is 2.39. The third-order valence-electron chi connectivity index (χ3n) is 3.93. The maximum atomic E-state index is 5.86. The SMILES string of the molecule is Nc1ccc2nn3c(c2c1)NCCC3C1CC1. The quantitative estimate of drug-likeness (QED) is 0.737. The third-order valence-corrected chi connectivity index (χ3v) is 3.93. The third kappa shape index (κ3) is 1.33. The largest absolute Gasteiger partial charge is 0.399 e. The summed E-state index contributed by atoms with van der Waals surface area (Å²) in [7, 11) is 0. The summed E-state index contributed by atoms with van der Waals surface area (Å²) in [6.07, 6.45) is 3.92. The van der Waals surface area contributed by atoms with E-state index in [4.69, 9.17) is 10.8 Å². The van der Waals surface area contributed by atoms with E-state index in [0.29, 0.717) is 6.04 Å². The van der Waals surface area contributed by atoms with Crippen LogP contribution in [0.1, 0.15) is 25.3 Å².